The van der Waals surface area contributed by atoms with E-state index in [0.717, 1.165) is 18.6 Å². The second kappa shape index (κ2) is 5.00. The molecular formula is C12H13BrF2O2. The van der Waals surface area contributed by atoms with Crippen molar-refractivity contribution in [1.82, 2.24) is 0 Å². The van der Waals surface area contributed by atoms with Crippen molar-refractivity contribution in [3.05, 3.63) is 33.8 Å². The number of aliphatic hydroxyl groups excluding tert-OH is 1. The Kier molecular flexibility index (Phi) is 3.80. The molecule has 1 aliphatic rings. The van der Waals surface area contributed by atoms with Crippen molar-refractivity contribution in [2.24, 2.45) is 0 Å². The molecule has 1 aromatic rings. The minimum Gasteiger partial charge on any atom is -0.386 e. The number of ether oxygens (including phenoxy) is 1. The summed E-state index contributed by atoms with van der Waals surface area (Å²) in [5.74, 6) is -1.22. The molecule has 0 bridgehead atoms. The molecule has 1 aromatic carbocycles. The number of rotatable bonds is 2. The van der Waals surface area contributed by atoms with E-state index in [1.165, 1.54) is 0 Å². The topological polar surface area (TPSA) is 29.5 Å². The lowest BCUT2D eigenvalue weighted by Crippen LogP contribution is -2.20. The van der Waals surface area contributed by atoms with Gasteiger partial charge in [-0.05, 0) is 47.8 Å². The van der Waals surface area contributed by atoms with E-state index >= 15 is 0 Å². The van der Waals surface area contributed by atoms with Crippen LogP contribution < -0.4 is 0 Å². The third-order valence-electron chi connectivity index (χ3n) is 2.98. The van der Waals surface area contributed by atoms with Gasteiger partial charge in [0, 0.05) is 5.56 Å². The van der Waals surface area contributed by atoms with Crippen LogP contribution in [0.4, 0.5) is 8.78 Å². The predicted octanol–water partition coefficient (Wildman–Crippen LogP) is 3.33. The van der Waals surface area contributed by atoms with Gasteiger partial charge >= 0.3 is 0 Å². The van der Waals surface area contributed by atoms with Gasteiger partial charge in [0.05, 0.1) is 16.7 Å². The number of hydrogen-bond acceptors (Lipinski definition) is 2. The maximum absolute atomic E-state index is 13.6. The number of hydrogen-bond donors (Lipinski definition) is 1. The molecule has 1 N–H and O–H groups in total. The van der Waals surface area contributed by atoms with Gasteiger partial charge in [-0.25, -0.2) is 8.78 Å². The zero-order chi connectivity index (χ0) is 12.6. The molecule has 0 saturated carbocycles. The van der Waals surface area contributed by atoms with E-state index in [9.17, 15) is 13.9 Å². The predicted molar refractivity (Wildman–Crippen MR) is 62.6 cm³/mol. The van der Waals surface area contributed by atoms with Crippen LogP contribution in [0.25, 0.3) is 0 Å². The lowest BCUT2D eigenvalue weighted by Gasteiger charge is -2.19. The van der Waals surface area contributed by atoms with Gasteiger partial charge in [0.2, 0.25) is 0 Å². The molecule has 0 amide bonds. The number of aliphatic hydroxyl groups is 1. The van der Waals surface area contributed by atoms with Crippen molar-refractivity contribution in [3.63, 3.8) is 0 Å². The molecule has 3 atom stereocenters. The largest absolute Gasteiger partial charge is 0.386 e. The van der Waals surface area contributed by atoms with Crippen molar-refractivity contribution < 1.29 is 18.6 Å². The highest BCUT2D eigenvalue weighted by atomic mass is 79.9. The highest BCUT2D eigenvalue weighted by Crippen LogP contribution is 2.32. The normalized spacial score (nSPS) is 26.2. The molecule has 0 spiro atoms. The first-order valence-electron chi connectivity index (χ1n) is 5.47. The first-order chi connectivity index (χ1) is 7.99. The second-order valence-corrected chi connectivity index (χ2v) is 5.15. The molecule has 3 unspecified atom stereocenters. The maximum Gasteiger partial charge on any atom is 0.137 e. The minimum atomic E-state index is -1.12. The van der Waals surface area contributed by atoms with Gasteiger partial charge in [-0.15, -0.1) is 0 Å². The smallest absolute Gasteiger partial charge is 0.137 e. The highest BCUT2D eigenvalue weighted by molar-refractivity contribution is 9.10. The Bertz CT molecular complexity index is 425. The summed E-state index contributed by atoms with van der Waals surface area (Å²) in [6, 6.07) is 2.03. The summed E-state index contributed by atoms with van der Waals surface area (Å²) >= 11 is 2.89. The SMILES string of the molecule is CC1CCC(C(O)c2cc(F)c(Br)cc2F)O1. The molecule has 0 aromatic heterocycles. The van der Waals surface area contributed by atoms with Gasteiger partial charge in [-0.3, -0.25) is 0 Å². The zero-order valence-electron chi connectivity index (χ0n) is 9.29. The average Bonchev–Trinajstić information content (AvgIpc) is 2.69. The fourth-order valence-corrected chi connectivity index (χ4v) is 2.35. The van der Waals surface area contributed by atoms with Crippen LogP contribution in [0.15, 0.2) is 16.6 Å². The first kappa shape index (κ1) is 12.9. The molecule has 94 valence electrons. The third kappa shape index (κ3) is 2.67. The van der Waals surface area contributed by atoms with E-state index in [1.54, 1.807) is 0 Å². The van der Waals surface area contributed by atoms with Crippen molar-refractivity contribution in [2.45, 2.75) is 38.1 Å². The number of halogens is 3. The van der Waals surface area contributed by atoms with E-state index in [1.807, 2.05) is 6.92 Å². The second-order valence-electron chi connectivity index (χ2n) is 4.30. The maximum atomic E-state index is 13.6. The molecule has 1 aliphatic heterocycles. The van der Waals surface area contributed by atoms with Crippen molar-refractivity contribution in [1.29, 1.82) is 0 Å². The Morgan fingerprint density at radius 1 is 1.35 bits per heavy atom. The quantitative estimate of drug-likeness (QED) is 0.849. The van der Waals surface area contributed by atoms with Crippen LogP contribution in [-0.2, 0) is 4.74 Å². The van der Waals surface area contributed by atoms with Gasteiger partial charge in [-0.1, -0.05) is 0 Å². The van der Waals surface area contributed by atoms with E-state index < -0.39 is 23.8 Å². The Morgan fingerprint density at radius 2 is 2.06 bits per heavy atom. The Balaban J connectivity index is 2.24. The molecule has 1 saturated heterocycles. The zero-order valence-corrected chi connectivity index (χ0v) is 10.9. The highest BCUT2D eigenvalue weighted by Gasteiger charge is 2.31. The van der Waals surface area contributed by atoms with E-state index in [-0.39, 0.29) is 16.1 Å². The Hall–Kier alpha value is -0.520. The van der Waals surface area contributed by atoms with Crippen LogP contribution in [0.2, 0.25) is 0 Å². The van der Waals surface area contributed by atoms with Gasteiger partial charge in [0.1, 0.15) is 17.7 Å². The number of benzene rings is 1. The summed E-state index contributed by atoms with van der Waals surface area (Å²) in [4.78, 5) is 0. The van der Waals surface area contributed by atoms with Crippen LogP contribution in [0.3, 0.4) is 0 Å². The molecule has 2 rings (SSSR count). The van der Waals surface area contributed by atoms with Gasteiger partial charge in [-0.2, -0.15) is 0 Å². The molecule has 0 aliphatic carbocycles. The minimum absolute atomic E-state index is 0.0478. The van der Waals surface area contributed by atoms with Crippen LogP contribution >= 0.6 is 15.9 Å². The van der Waals surface area contributed by atoms with Gasteiger partial charge in [0.15, 0.2) is 0 Å². The van der Waals surface area contributed by atoms with Crippen LogP contribution in [0.5, 0.6) is 0 Å². The summed E-state index contributed by atoms with van der Waals surface area (Å²) in [5.41, 5.74) is -0.0511. The van der Waals surface area contributed by atoms with Crippen molar-refractivity contribution in [3.8, 4) is 0 Å². The summed E-state index contributed by atoms with van der Waals surface area (Å²) in [6.07, 6.45) is -0.0532. The summed E-state index contributed by atoms with van der Waals surface area (Å²) < 4.78 is 32.4. The molecule has 1 heterocycles. The molecule has 2 nitrogen and oxygen atoms in total. The molecule has 17 heavy (non-hydrogen) atoms. The van der Waals surface area contributed by atoms with E-state index in [4.69, 9.17) is 4.74 Å². The van der Waals surface area contributed by atoms with Crippen molar-refractivity contribution >= 4 is 15.9 Å². The third-order valence-corrected chi connectivity index (χ3v) is 3.58. The summed E-state index contributed by atoms with van der Waals surface area (Å²) in [7, 11) is 0. The van der Waals surface area contributed by atoms with Crippen LogP contribution in [0, 0.1) is 11.6 Å². The summed E-state index contributed by atoms with van der Waals surface area (Å²) in [6.45, 7) is 1.89. The standard InChI is InChI=1S/C12H13BrF2O2/c1-6-2-3-11(17-6)12(16)7-4-10(15)8(13)5-9(7)14/h4-6,11-12,16H,2-3H2,1H3. The average molecular weight is 307 g/mol. The first-order valence-corrected chi connectivity index (χ1v) is 6.26. The summed E-state index contributed by atoms with van der Waals surface area (Å²) in [5, 5.41) is 9.99. The van der Waals surface area contributed by atoms with Gasteiger partial charge in [0.25, 0.3) is 0 Å². The van der Waals surface area contributed by atoms with E-state index in [2.05, 4.69) is 15.9 Å². The fourth-order valence-electron chi connectivity index (χ4n) is 2.03. The van der Waals surface area contributed by atoms with Crippen LogP contribution in [-0.4, -0.2) is 17.3 Å². The lowest BCUT2D eigenvalue weighted by atomic mass is 10.0. The fraction of sp³-hybridized carbons (Fsp3) is 0.500. The van der Waals surface area contributed by atoms with Crippen LogP contribution in [0.1, 0.15) is 31.4 Å². The molecule has 5 heteroatoms. The van der Waals surface area contributed by atoms with E-state index in [0.29, 0.717) is 6.42 Å². The lowest BCUT2D eigenvalue weighted by molar-refractivity contribution is -0.0311. The monoisotopic (exact) mass is 306 g/mol. The Labute approximate surface area is 107 Å². The molecule has 0 radical (unpaired) electrons. The van der Waals surface area contributed by atoms with Crippen molar-refractivity contribution in [2.75, 3.05) is 0 Å². The molecule has 1 fully saturated rings. The van der Waals surface area contributed by atoms with Gasteiger partial charge < -0.3 is 9.84 Å². The Morgan fingerprint density at radius 3 is 2.65 bits per heavy atom. The molecular weight excluding hydrogens is 294 g/mol.